The maximum Gasteiger partial charge on any atom is 0.0606 e. The average molecular weight is 244 g/mol. The molecule has 18 heavy (non-hydrogen) atoms. The van der Waals surface area contributed by atoms with Gasteiger partial charge >= 0.3 is 0 Å². The fraction of sp³-hybridized carbons (Fsp3) is 0.625. The van der Waals surface area contributed by atoms with E-state index in [4.69, 9.17) is 0 Å². The van der Waals surface area contributed by atoms with Crippen molar-refractivity contribution in [2.75, 3.05) is 36.0 Å². The van der Waals surface area contributed by atoms with E-state index in [1.165, 1.54) is 74.4 Å². The van der Waals surface area contributed by atoms with Crippen molar-refractivity contribution in [3.63, 3.8) is 0 Å². The van der Waals surface area contributed by atoms with Crippen molar-refractivity contribution in [1.29, 1.82) is 0 Å². The molecule has 2 heterocycles. The molecule has 2 aliphatic heterocycles. The minimum absolute atomic E-state index is 1.24. The standard InChI is InChI=1S/C16H24N2/c1-13-11-15(17-7-3-4-8-17)16(12-14(13)2)18-9-5-6-10-18/h11-12H,3-10H2,1-2H3. The molecule has 0 amide bonds. The molecule has 0 unspecified atom stereocenters. The summed E-state index contributed by atoms with van der Waals surface area (Å²) < 4.78 is 0. The number of benzene rings is 1. The van der Waals surface area contributed by atoms with Crippen LogP contribution in [0, 0.1) is 13.8 Å². The van der Waals surface area contributed by atoms with Crippen LogP contribution in [-0.4, -0.2) is 26.2 Å². The Morgan fingerprint density at radius 1 is 0.667 bits per heavy atom. The van der Waals surface area contributed by atoms with Crippen LogP contribution >= 0.6 is 0 Å². The van der Waals surface area contributed by atoms with Gasteiger partial charge in [0.1, 0.15) is 0 Å². The summed E-state index contributed by atoms with van der Waals surface area (Å²) in [5, 5.41) is 0. The molecule has 2 heteroatoms. The lowest BCUT2D eigenvalue weighted by Gasteiger charge is -2.28. The van der Waals surface area contributed by atoms with Crippen molar-refractivity contribution in [3.8, 4) is 0 Å². The normalized spacial score (nSPS) is 19.9. The first kappa shape index (κ1) is 11.9. The van der Waals surface area contributed by atoms with E-state index in [1.807, 2.05) is 0 Å². The molecule has 0 bridgehead atoms. The monoisotopic (exact) mass is 244 g/mol. The molecule has 98 valence electrons. The van der Waals surface area contributed by atoms with E-state index in [1.54, 1.807) is 0 Å². The van der Waals surface area contributed by atoms with Crippen molar-refractivity contribution in [2.24, 2.45) is 0 Å². The largest absolute Gasteiger partial charge is 0.370 e. The Bertz CT molecular complexity index is 386. The second kappa shape index (κ2) is 4.83. The van der Waals surface area contributed by atoms with Gasteiger partial charge < -0.3 is 9.80 Å². The van der Waals surface area contributed by atoms with Crippen molar-refractivity contribution in [1.82, 2.24) is 0 Å². The predicted molar refractivity (Wildman–Crippen MR) is 78.8 cm³/mol. The number of hydrogen-bond donors (Lipinski definition) is 0. The summed E-state index contributed by atoms with van der Waals surface area (Å²) in [6, 6.07) is 4.82. The average Bonchev–Trinajstić information content (AvgIpc) is 3.02. The van der Waals surface area contributed by atoms with E-state index in [9.17, 15) is 0 Å². The van der Waals surface area contributed by atoms with Crippen molar-refractivity contribution < 1.29 is 0 Å². The Balaban J connectivity index is 2.00. The van der Waals surface area contributed by atoms with Crippen LogP contribution in [0.25, 0.3) is 0 Å². The highest BCUT2D eigenvalue weighted by molar-refractivity contribution is 5.74. The first-order valence-corrected chi connectivity index (χ1v) is 7.37. The molecule has 0 spiro atoms. The van der Waals surface area contributed by atoms with Gasteiger partial charge in [-0.3, -0.25) is 0 Å². The Labute approximate surface area is 111 Å². The molecule has 2 fully saturated rings. The first-order valence-electron chi connectivity index (χ1n) is 7.37. The van der Waals surface area contributed by atoms with E-state index >= 15 is 0 Å². The summed E-state index contributed by atoms with van der Waals surface area (Å²) in [5.74, 6) is 0. The number of rotatable bonds is 2. The van der Waals surface area contributed by atoms with Crippen LogP contribution in [0.15, 0.2) is 12.1 Å². The fourth-order valence-corrected chi connectivity index (χ4v) is 3.21. The molecule has 2 nitrogen and oxygen atoms in total. The zero-order valence-electron chi connectivity index (χ0n) is 11.7. The predicted octanol–water partition coefficient (Wildman–Crippen LogP) is 3.50. The summed E-state index contributed by atoms with van der Waals surface area (Å²) >= 11 is 0. The lowest BCUT2D eigenvalue weighted by atomic mass is 10.1. The summed E-state index contributed by atoms with van der Waals surface area (Å²) in [7, 11) is 0. The number of anilines is 2. The van der Waals surface area contributed by atoms with Gasteiger partial charge in [0.2, 0.25) is 0 Å². The van der Waals surface area contributed by atoms with Gasteiger partial charge in [-0.1, -0.05) is 0 Å². The molecule has 3 rings (SSSR count). The Hall–Kier alpha value is -1.18. The maximum atomic E-state index is 2.58. The van der Waals surface area contributed by atoms with Crippen LogP contribution in [-0.2, 0) is 0 Å². The van der Waals surface area contributed by atoms with E-state index in [0.717, 1.165) is 0 Å². The first-order chi connectivity index (χ1) is 8.75. The summed E-state index contributed by atoms with van der Waals surface area (Å²) in [6.07, 6.45) is 5.41. The van der Waals surface area contributed by atoms with Crippen LogP contribution in [0.5, 0.6) is 0 Å². The van der Waals surface area contributed by atoms with Crippen LogP contribution in [0.1, 0.15) is 36.8 Å². The van der Waals surface area contributed by atoms with Gasteiger partial charge in [-0.2, -0.15) is 0 Å². The summed E-state index contributed by atoms with van der Waals surface area (Å²) in [4.78, 5) is 5.17. The number of aryl methyl sites for hydroxylation is 2. The van der Waals surface area contributed by atoms with Crippen molar-refractivity contribution >= 4 is 11.4 Å². The lowest BCUT2D eigenvalue weighted by molar-refractivity contribution is 0.924. The highest BCUT2D eigenvalue weighted by atomic mass is 15.2. The van der Waals surface area contributed by atoms with Gasteiger partial charge in [0.15, 0.2) is 0 Å². The quantitative estimate of drug-likeness (QED) is 0.785. The highest BCUT2D eigenvalue weighted by Crippen LogP contribution is 2.36. The Kier molecular flexibility index (Phi) is 3.19. The molecule has 0 saturated carbocycles. The topological polar surface area (TPSA) is 6.48 Å². The van der Waals surface area contributed by atoms with E-state index in [2.05, 4.69) is 35.8 Å². The molecule has 1 aromatic rings. The summed E-state index contributed by atoms with van der Waals surface area (Å²) in [6.45, 7) is 9.44. The molecular weight excluding hydrogens is 220 g/mol. The van der Waals surface area contributed by atoms with Crippen LogP contribution < -0.4 is 9.80 Å². The van der Waals surface area contributed by atoms with Crippen LogP contribution in [0.4, 0.5) is 11.4 Å². The van der Waals surface area contributed by atoms with Gasteiger partial charge in [-0.15, -0.1) is 0 Å². The van der Waals surface area contributed by atoms with Gasteiger partial charge in [0.25, 0.3) is 0 Å². The molecular formula is C16H24N2. The van der Waals surface area contributed by atoms with Crippen LogP contribution in [0.3, 0.4) is 0 Å². The molecule has 1 aromatic carbocycles. The van der Waals surface area contributed by atoms with Crippen LogP contribution in [0.2, 0.25) is 0 Å². The highest BCUT2D eigenvalue weighted by Gasteiger charge is 2.21. The second-order valence-corrected chi connectivity index (χ2v) is 5.81. The molecule has 0 aromatic heterocycles. The zero-order chi connectivity index (χ0) is 12.5. The van der Waals surface area contributed by atoms with Crippen molar-refractivity contribution in [2.45, 2.75) is 39.5 Å². The zero-order valence-corrected chi connectivity index (χ0v) is 11.7. The SMILES string of the molecule is Cc1cc(N2CCCC2)c(N2CCCC2)cc1C. The van der Waals surface area contributed by atoms with Crippen molar-refractivity contribution in [3.05, 3.63) is 23.3 Å². The smallest absolute Gasteiger partial charge is 0.0606 e. The van der Waals surface area contributed by atoms with Gasteiger partial charge in [-0.25, -0.2) is 0 Å². The van der Waals surface area contributed by atoms with E-state index in [0.29, 0.717) is 0 Å². The molecule has 2 saturated heterocycles. The van der Waals surface area contributed by atoms with Gasteiger partial charge in [0.05, 0.1) is 11.4 Å². The lowest BCUT2D eigenvalue weighted by Crippen LogP contribution is -2.24. The Morgan fingerprint density at radius 2 is 1.00 bits per heavy atom. The Morgan fingerprint density at radius 3 is 1.33 bits per heavy atom. The second-order valence-electron chi connectivity index (χ2n) is 5.81. The maximum absolute atomic E-state index is 2.58. The summed E-state index contributed by atoms with van der Waals surface area (Å²) in [5.41, 5.74) is 5.83. The van der Waals surface area contributed by atoms with Gasteiger partial charge in [-0.05, 0) is 62.8 Å². The molecule has 0 N–H and O–H groups in total. The van der Waals surface area contributed by atoms with E-state index < -0.39 is 0 Å². The number of nitrogens with zero attached hydrogens (tertiary/aromatic N) is 2. The van der Waals surface area contributed by atoms with E-state index in [-0.39, 0.29) is 0 Å². The molecule has 0 aliphatic carbocycles. The minimum atomic E-state index is 1.24. The number of hydrogen-bond acceptors (Lipinski definition) is 2. The molecule has 0 radical (unpaired) electrons. The fourth-order valence-electron chi connectivity index (χ4n) is 3.21. The van der Waals surface area contributed by atoms with Gasteiger partial charge in [0, 0.05) is 26.2 Å². The third kappa shape index (κ3) is 2.09. The third-order valence-electron chi connectivity index (χ3n) is 4.48. The molecule has 0 atom stereocenters. The molecule has 2 aliphatic rings. The minimum Gasteiger partial charge on any atom is -0.370 e. The third-order valence-corrected chi connectivity index (χ3v) is 4.48.